The summed E-state index contributed by atoms with van der Waals surface area (Å²) in [4.78, 5) is 1.39. The number of nitrogens with zero attached hydrogens (tertiary/aromatic N) is 1. The van der Waals surface area contributed by atoms with Crippen molar-refractivity contribution in [1.29, 1.82) is 0 Å². The molecule has 110 valence electrons. The minimum Gasteiger partial charge on any atom is -0.312 e. The third-order valence-corrected chi connectivity index (χ3v) is 6.12. The van der Waals surface area contributed by atoms with Gasteiger partial charge in [0.1, 0.15) is 0 Å². The first-order valence-electron chi connectivity index (χ1n) is 6.79. The van der Waals surface area contributed by atoms with Crippen LogP contribution in [0.25, 0.3) is 0 Å². The highest BCUT2D eigenvalue weighted by Crippen LogP contribution is 2.32. The molecule has 1 aromatic rings. The Morgan fingerprint density at radius 3 is 2.90 bits per heavy atom. The fraction of sp³-hybridized carbons (Fsp3) is 0.571. The predicted molar refractivity (Wildman–Crippen MR) is 82.0 cm³/mol. The maximum absolute atomic E-state index is 12.6. The zero-order valence-corrected chi connectivity index (χ0v) is 13.3. The van der Waals surface area contributed by atoms with E-state index in [1.54, 1.807) is 11.4 Å². The zero-order valence-electron chi connectivity index (χ0n) is 11.6. The summed E-state index contributed by atoms with van der Waals surface area (Å²) in [6.45, 7) is 4.29. The summed E-state index contributed by atoms with van der Waals surface area (Å²) < 4.78 is 26.6. The van der Waals surface area contributed by atoms with Gasteiger partial charge in [-0.05, 0) is 31.4 Å². The Morgan fingerprint density at radius 2 is 2.30 bits per heavy atom. The number of nitrogens with one attached hydrogen (secondary N) is 1. The van der Waals surface area contributed by atoms with Gasteiger partial charge in [0.2, 0.25) is 10.0 Å². The van der Waals surface area contributed by atoms with E-state index >= 15 is 0 Å². The lowest BCUT2D eigenvalue weighted by atomic mass is 10.4. The van der Waals surface area contributed by atoms with Crippen LogP contribution in [-0.2, 0) is 16.6 Å². The number of sulfonamides is 1. The third kappa shape index (κ3) is 3.83. The second-order valence-electron chi connectivity index (χ2n) is 4.97. The largest absolute Gasteiger partial charge is 0.312 e. The molecule has 0 saturated heterocycles. The lowest BCUT2D eigenvalue weighted by Gasteiger charge is -2.18. The van der Waals surface area contributed by atoms with Crippen LogP contribution in [-0.4, -0.2) is 32.4 Å². The van der Waals surface area contributed by atoms with E-state index in [4.69, 9.17) is 6.42 Å². The van der Waals surface area contributed by atoms with E-state index in [9.17, 15) is 8.42 Å². The molecule has 0 amide bonds. The van der Waals surface area contributed by atoms with Gasteiger partial charge >= 0.3 is 0 Å². The summed E-state index contributed by atoms with van der Waals surface area (Å²) in [5.74, 6) is 2.94. The Hall–Kier alpha value is -0.870. The normalized spacial score (nSPS) is 15.4. The van der Waals surface area contributed by atoms with E-state index in [1.807, 2.05) is 6.92 Å². The molecule has 0 spiro atoms. The SMILES string of the molecule is C#CCN(CC1CC1)S(=O)(=O)c1csc(CNCC)c1. The van der Waals surface area contributed by atoms with Gasteiger partial charge < -0.3 is 5.32 Å². The highest BCUT2D eigenvalue weighted by molar-refractivity contribution is 7.89. The summed E-state index contributed by atoms with van der Waals surface area (Å²) in [6.07, 6.45) is 7.51. The quantitative estimate of drug-likeness (QED) is 0.746. The first-order chi connectivity index (χ1) is 9.57. The highest BCUT2D eigenvalue weighted by Gasteiger charge is 2.31. The number of thiophene rings is 1. The Morgan fingerprint density at radius 1 is 1.55 bits per heavy atom. The summed E-state index contributed by atoms with van der Waals surface area (Å²) in [5, 5.41) is 4.90. The van der Waals surface area contributed by atoms with Gasteiger partial charge in [-0.1, -0.05) is 12.8 Å². The molecule has 1 N–H and O–H groups in total. The van der Waals surface area contributed by atoms with Gasteiger partial charge in [0.15, 0.2) is 0 Å². The Balaban J connectivity index is 2.13. The second-order valence-corrected chi connectivity index (χ2v) is 7.91. The molecule has 1 fully saturated rings. The maximum Gasteiger partial charge on any atom is 0.244 e. The lowest BCUT2D eigenvalue weighted by Crippen LogP contribution is -2.33. The molecule has 2 rings (SSSR count). The molecule has 1 aliphatic carbocycles. The minimum atomic E-state index is -3.45. The molecule has 4 nitrogen and oxygen atoms in total. The van der Waals surface area contributed by atoms with Gasteiger partial charge in [-0.25, -0.2) is 8.42 Å². The molecule has 1 aliphatic rings. The van der Waals surface area contributed by atoms with Crippen molar-refractivity contribution in [3.05, 3.63) is 16.3 Å². The summed E-state index contributed by atoms with van der Waals surface area (Å²) in [7, 11) is -3.45. The van der Waals surface area contributed by atoms with Crippen LogP contribution >= 0.6 is 11.3 Å². The zero-order chi connectivity index (χ0) is 14.6. The smallest absolute Gasteiger partial charge is 0.244 e. The highest BCUT2D eigenvalue weighted by atomic mass is 32.2. The van der Waals surface area contributed by atoms with E-state index in [1.165, 1.54) is 15.6 Å². The maximum atomic E-state index is 12.6. The first kappa shape index (κ1) is 15.5. The molecular weight excluding hydrogens is 292 g/mol. The van der Waals surface area contributed by atoms with E-state index in [0.717, 1.165) is 24.3 Å². The topological polar surface area (TPSA) is 49.4 Å². The molecular formula is C14H20N2O2S2. The standard InChI is InChI=1S/C14H20N2O2S2/c1-3-7-16(10-12-5-6-12)20(17,18)14-8-13(19-11-14)9-15-4-2/h1,8,11-12,15H,4-7,9-10H2,2H3. The van der Waals surface area contributed by atoms with Crippen LogP contribution in [0.3, 0.4) is 0 Å². The molecule has 20 heavy (non-hydrogen) atoms. The van der Waals surface area contributed by atoms with E-state index in [2.05, 4.69) is 11.2 Å². The van der Waals surface area contributed by atoms with Gasteiger partial charge in [0, 0.05) is 23.3 Å². The van der Waals surface area contributed by atoms with Gasteiger partial charge in [0.05, 0.1) is 11.4 Å². The average molecular weight is 312 g/mol. The molecule has 6 heteroatoms. The van der Waals surface area contributed by atoms with Crippen molar-refractivity contribution >= 4 is 21.4 Å². The number of hydrogen-bond donors (Lipinski definition) is 1. The van der Waals surface area contributed by atoms with Gasteiger partial charge in [-0.15, -0.1) is 17.8 Å². The molecule has 0 bridgehead atoms. The molecule has 1 saturated carbocycles. The van der Waals surface area contributed by atoms with Crippen molar-refractivity contribution in [2.45, 2.75) is 31.2 Å². The molecule has 0 aliphatic heterocycles. The third-order valence-electron chi connectivity index (χ3n) is 3.24. The second kappa shape index (κ2) is 6.72. The average Bonchev–Trinajstić information content (AvgIpc) is 3.10. The fourth-order valence-electron chi connectivity index (χ4n) is 1.92. The minimum absolute atomic E-state index is 0.150. The van der Waals surface area contributed by atoms with Crippen LogP contribution in [0.5, 0.6) is 0 Å². The van der Waals surface area contributed by atoms with Crippen LogP contribution in [0.1, 0.15) is 24.6 Å². The van der Waals surface area contributed by atoms with E-state index < -0.39 is 10.0 Å². The summed E-state index contributed by atoms with van der Waals surface area (Å²) in [6, 6.07) is 1.75. The Bertz CT molecular complexity index is 583. The number of terminal acetylenes is 1. The van der Waals surface area contributed by atoms with Crippen molar-refractivity contribution in [1.82, 2.24) is 9.62 Å². The Labute approximate surface area is 125 Å². The molecule has 1 aromatic heterocycles. The van der Waals surface area contributed by atoms with Crippen molar-refractivity contribution in [3.8, 4) is 12.3 Å². The van der Waals surface area contributed by atoms with Gasteiger partial charge in [0.25, 0.3) is 0 Å². The van der Waals surface area contributed by atoms with Crippen molar-refractivity contribution in [2.75, 3.05) is 19.6 Å². The van der Waals surface area contributed by atoms with Crippen molar-refractivity contribution in [2.24, 2.45) is 5.92 Å². The molecule has 0 radical (unpaired) electrons. The number of rotatable bonds is 8. The molecule has 0 atom stereocenters. The van der Waals surface area contributed by atoms with Crippen LogP contribution < -0.4 is 5.32 Å². The van der Waals surface area contributed by atoms with Crippen LogP contribution in [0, 0.1) is 18.3 Å². The van der Waals surface area contributed by atoms with Crippen LogP contribution in [0.2, 0.25) is 0 Å². The van der Waals surface area contributed by atoms with Gasteiger partial charge in [-0.2, -0.15) is 4.31 Å². The summed E-state index contributed by atoms with van der Waals surface area (Å²) in [5.41, 5.74) is 0. The number of hydrogen-bond acceptors (Lipinski definition) is 4. The van der Waals surface area contributed by atoms with Crippen LogP contribution in [0.4, 0.5) is 0 Å². The predicted octanol–water partition coefficient (Wildman–Crippen LogP) is 1.89. The molecule has 0 unspecified atom stereocenters. The van der Waals surface area contributed by atoms with E-state index in [-0.39, 0.29) is 6.54 Å². The first-order valence-corrected chi connectivity index (χ1v) is 9.11. The monoisotopic (exact) mass is 312 g/mol. The fourth-order valence-corrected chi connectivity index (χ4v) is 4.59. The molecule has 1 heterocycles. The van der Waals surface area contributed by atoms with E-state index in [0.29, 0.717) is 23.9 Å². The summed E-state index contributed by atoms with van der Waals surface area (Å²) >= 11 is 1.47. The van der Waals surface area contributed by atoms with Crippen LogP contribution in [0.15, 0.2) is 16.3 Å². The van der Waals surface area contributed by atoms with Gasteiger partial charge in [-0.3, -0.25) is 0 Å². The Kier molecular flexibility index (Phi) is 5.22. The lowest BCUT2D eigenvalue weighted by molar-refractivity contribution is 0.430. The van der Waals surface area contributed by atoms with Crippen molar-refractivity contribution < 1.29 is 8.42 Å². The molecule has 0 aromatic carbocycles. The van der Waals surface area contributed by atoms with Crippen molar-refractivity contribution in [3.63, 3.8) is 0 Å².